The van der Waals surface area contributed by atoms with Crippen molar-refractivity contribution in [2.45, 2.75) is 20.1 Å². The summed E-state index contributed by atoms with van der Waals surface area (Å²) >= 11 is 9.58. The van der Waals surface area contributed by atoms with Crippen LogP contribution in [0.5, 0.6) is 5.75 Å². The van der Waals surface area contributed by atoms with E-state index in [2.05, 4.69) is 26.3 Å². The number of carbonyl (C=O) groups excluding carboxylic acids is 1. The van der Waals surface area contributed by atoms with Gasteiger partial charge in [0.15, 0.2) is 5.82 Å². The monoisotopic (exact) mass is 527 g/mol. The lowest BCUT2D eigenvalue weighted by atomic mass is 10.1. The number of para-hydroxylation sites is 1. The Balaban J connectivity index is 1.44. The van der Waals surface area contributed by atoms with Gasteiger partial charge in [-0.3, -0.25) is 9.48 Å². The maximum Gasteiger partial charge on any atom is 0.256 e. The van der Waals surface area contributed by atoms with Crippen molar-refractivity contribution in [3.05, 3.63) is 110 Å². The Morgan fingerprint density at radius 3 is 2.70 bits per heavy atom. The van der Waals surface area contributed by atoms with E-state index in [0.29, 0.717) is 28.6 Å². The van der Waals surface area contributed by atoms with E-state index in [9.17, 15) is 9.18 Å². The van der Waals surface area contributed by atoms with Crippen molar-refractivity contribution in [1.29, 1.82) is 0 Å². The average molecular weight is 529 g/mol. The summed E-state index contributed by atoms with van der Waals surface area (Å²) in [6, 6.07) is 21.0. The van der Waals surface area contributed by atoms with Gasteiger partial charge in [0.2, 0.25) is 0 Å². The number of benzene rings is 3. The van der Waals surface area contributed by atoms with Gasteiger partial charge in [-0.2, -0.15) is 5.10 Å². The number of anilines is 1. The molecule has 33 heavy (non-hydrogen) atoms. The van der Waals surface area contributed by atoms with Gasteiger partial charge in [0.05, 0.1) is 11.0 Å². The largest absolute Gasteiger partial charge is 0.488 e. The smallest absolute Gasteiger partial charge is 0.256 e. The molecule has 0 saturated carbocycles. The lowest BCUT2D eigenvalue weighted by molar-refractivity contribution is 0.102. The maximum absolute atomic E-state index is 14.1. The van der Waals surface area contributed by atoms with Gasteiger partial charge in [0, 0.05) is 27.9 Å². The zero-order chi connectivity index (χ0) is 23.4. The molecule has 168 valence electrons. The molecule has 3 aromatic carbocycles. The van der Waals surface area contributed by atoms with Crippen molar-refractivity contribution >= 4 is 39.3 Å². The number of rotatable bonds is 7. The first-order chi connectivity index (χ1) is 15.9. The van der Waals surface area contributed by atoms with E-state index >= 15 is 0 Å². The number of ether oxygens (including phenoxy) is 1. The molecule has 4 rings (SSSR count). The minimum atomic E-state index is -0.399. The summed E-state index contributed by atoms with van der Waals surface area (Å²) in [5, 5.41) is 7.52. The Morgan fingerprint density at radius 1 is 1.12 bits per heavy atom. The third-order valence-electron chi connectivity index (χ3n) is 5.01. The predicted octanol–water partition coefficient (Wildman–Crippen LogP) is 6.63. The maximum atomic E-state index is 14.1. The Bertz CT molecular complexity index is 1290. The molecular formula is C25H20BrClFN3O2. The molecule has 0 aliphatic carbocycles. The summed E-state index contributed by atoms with van der Waals surface area (Å²) in [7, 11) is 0. The molecule has 0 aliphatic rings. The topological polar surface area (TPSA) is 56.1 Å². The Hall–Kier alpha value is -3.16. The second kappa shape index (κ2) is 10.2. The molecule has 1 amide bonds. The van der Waals surface area contributed by atoms with E-state index in [1.165, 1.54) is 6.07 Å². The number of aryl methyl sites for hydroxylation is 1. The molecule has 0 aliphatic heterocycles. The molecule has 0 saturated heterocycles. The van der Waals surface area contributed by atoms with E-state index in [1.54, 1.807) is 41.1 Å². The molecular weight excluding hydrogens is 509 g/mol. The van der Waals surface area contributed by atoms with Gasteiger partial charge < -0.3 is 10.1 Å². The van der Waals surface area contributed by atoms with Crippen LogP contribution < -0.4 is 10.1 Å². The standard InChI is InChI=1S/C25H20BrClFN3O2/c1-16-12-24(30-31(16)14-19-21(27)9-5-10-22(19)28)29-25(32)18-7-4-6-17(13-18)15-33-23-11-3-2-8-20(23)26/h2-13H,14-15H2,1H3,(H,29,30,32). The zero-order valence-corrected chi connectivity index (χ0v) is 20.0. The molecule has 4 aromatic rings. The van der Waals surface area contributed by atoms with Crippen LogP contribution in [0.4, 0.5) is 10.2 Å². The van der Waals surface area contributed by atoms with Gasteiger partial charge in [-0.1, -0.05) is 41.9 Å². The lowest BCUT2D eigenvalue weighted by Gasteiger charge is -2.09. The Kier molecular flexibility index (Phi) is 7.11. The average Bonchev–Trinajstić information content (AvgIpc) is 3.14. The minimum absolute atomic E-state index is 0.162. The highest BCUT2D eigenvalue weighted by atomic mass is 79.9. The number of aromatic nitrogens is 2. The van der Waals surface area contributed by atoms with Gasteiger partial charge >= 0.3 is 0 Å². The van der Waals surface area contributed by atoms with E-state index in [4.69, 9.17) is 16.3 Å². The van der Waals surface area contributed by atoms with Gasteiger partial charge in [0.25, 0.3) is 5.91 Å². The van der Waals surface area contributed by atoms with Crippen LogP contribution in [0.25, 0.3) is 0 Å². The number of nitrogens with zero attached hydrogens (tertiary/aromatic N) is 2. The van der Waals surface area contributed by atoms with Crippen molar-refractivity contribution in [1.82, 2.24) is 9.78 Å². The highest BCUT2D eigenvalue weighted by Gasteiger charge is 2.14. The lowest BCUT2D eigenvalue weighted by Crippen LogP contribution is -2.13. The van der Waals surface area contributed by atoms with Crippen LogP contribution in [-0.4, -0.2) is 15.7 Å². The predicted molar refractivity (Wildman–Crippen MR) is 130 cm³/mol. The first-order valence-corrected chi connectivity index (χ1v) is 11.3. The zero-order valence-electron chi connectivity index (χ0n) is 17.7. The summed E-state index contributed by atoms with van der Waals surface area (Å²) in [4.78, 5) is 12.8. The second-order valence-electron chi connectivity index (χ2n) is 7.40. The Labute approximate surface area is 204 Å². The molecule has 1 heterocycles. The van der Waals surface area contributed by atoms with Gasteiger partial charge in [-0.15, -0.1) is 0 Å². The first kappa shape index (κ1) is 23.0. The fraction of sp³-hybridized carbons (Fsp3) is 0.120. The first-order valence-electron chi connectivity index (χ1n) is 10.2. The quantitative estimate of drug-likeness (QED) is 0.293. The number of halogens is 3. The van der Waals surface area contributed by atoms with E-state index in [0.717, 1.165) is 21.5 Å². The SMILES string of the molecule is Cc1cc(NC(=O)c2cccc(COc3ccccc3Br)c2)nn1Cc1c(F)cccc1Cl. The summed E-state index contributed by atoms with van der Waals surface area (Å²) in [6.45, 7) is 2.31. The van der Waals surface area contributed by atoms with Crippen molar-refractivity contribution in [2.24, 2.45) is 0 Å². The highest BCUT2D eigenvalue weighted by Crippen LogP contribution is 2.25. The number of amides is 1. The molecule has 1 aromatic heterocycles. The fourth-order valence-electron chi connectivity index (χ4n) is 3.28. The van der Waals surface area contributed by atoms with E-state index in [-0.39, 0.29) is 12.5 Å². The van der Waals surface area contributed by atoms with Crippen molar-refractivity contribution < 1.29 is 13.9 Å². The van der Waals surface area contributed by atoms with Gasteiger partial charge in [-0.25, -0.2) is 4.39 Å². The van der Waals surface area contributed by atoms with Gasteiger partial charge in [0.1, 0.15) is 18.2 Å². The van der Waals surface area contributed by atoms with Crippen LogP contribution in [-0.2, 0) is 13.2 Å². The molecule has 0 bridgehead atoms. The molecule has 0 spiro atoms. The summed E-state index contributed by atoms with van der Waals surface area (Å²) in [5.74, 6) is 0.402. The van der Waals surface area contributed by atoms with Crippen molar-refractivity contribution in [3.63, 3.8) is 0 Å². The van der Waals surface area contributed by atoms with E-state index < -0.39 is 5.82 Å². The van der Waals surface area contributed by atoms with Crippen LogP contribution in [0.15, 0.2) is 77.3 Å². The summed E-state index contributed by atoms with van der Waals surface area (Å²) in [6.07, 6.45) is 0. The summed E-state index contributed by atoms with van der Waals surface area (Å²) < 4.78 is 22.4. The van der Waals surface area contributed by atoms with Crippen LogP contribution in [0.2, 0.25) is 5.02 Å². The fourth-order valence-corrected chi connectivity index (χ4v) is 3.90. The number of carbonyl (C=O) groups is 1. The molecule has 0 fully saturated rings. The molecule has 0 radical (unpaired) electrons. The molecule has 1 N–H and O–H groups in total. The molecule has 0 atom stereocenters. The van der Waals surface area contributed by atoms with Gasteiger partial charge in [-0.05, 0) is 64.8 Å². The van der Waals surface area contributed by atoms with E-state index in [1.807, 2.05) is 37.3 Å². The van der Waals surface area contributed by atoms with Crippen LogP contribution in [0.3, 0.4) is 0 Å². The second-order valence-corrected chi connectivity index (χ2v) is 8.66. The third-order valence-corrected chi connectivity index (χ3v) is 6.02. The van der Waals surface area contributed by atoms with Crippen LogP contribution >= 0.6 is 27.5 Å². The van der Waals surface area contributed by atoms with Crippen LogP contribution in [0, 0.1) is 12.7 Å². The minimum Gasteiger partial charge on any atom is -0.488 e. The molecule has 5 nitrogen and oxygen atoms in total. The molecule has 8 heteroatoms. The number of nitrogens with one attached hydrogen (secondary N) is 1. The third kappa shape index (κ3) is 5.61. The van der Waals surface area contributed by atoms with Crippen molar-refractivity contribution in [2.75, 3.05) is 5.32 Å². The van der Waals surface area contributed by atoms with Crippen LogP contribution in [0.1, 0.15) is 27.2 Å². The number of hydrogen-bond donors (Lipinski definition) is 1. The number of hydrogen-bond acceptors (Lipinski definition) is 3. The Morgan fingerprint density at radius 2 is 1.91 bits per heavy atom. The molecule has 0 unspecified atom stereocenters. The highest BCUT2D eigenvalue weighted by molar-refractivity contribution is 9.10. The summed E-state index contributed by atoms with van der Waals surface area (Å²) in [5.41, 5.74) is 2.45. The van der Waals surface area contributed by atoms with Crippen molar-refractivity contribution in [3.8, 4) is 5.75 Å². The normalized spacial score (nSPS) is 10.8.